The Bertz CT molecular complexity index is 74.2. The molecule has 0 fully saturated rings. The van der Waals surface area contributed by atoms with E-state index in [1.807, 2.05) is 0 Å². The smallest absolute Gasteiger partial charge is 0.305 e. The molecule has 0 saturated carbocycles. The summed E-state index contributed by atoms with van der Waals surface area (Å²) in [7, 11) is 0. The van der Waals surface area contributed by atoms with Crippen molar-refractivity contribution in [3.05, 3.63) is 0 Å². The molecule has 5 nitrogen and oxygen atoms in total. The average Bonchev–Trinajstić information content (AvgIpc) is 1.68. The predicted molar refractivity (Wildman–Crippen MR) is 32.3 cm³/mol. The number of hydrogen-bond donors (Lipinski definition) is 4. The quantitative estimate of drug-likeness (QED) is 0.277. The predicted octanol–water partition coefficient (Wildman–Crippen LogP) is -1.34. The molecule has 0 aromatic rings. The second-order valence-corrected chi connectivity index (χ2v) is 1.45. The number of aliphatic carboxylic acids is 1. The summed E-state index contributed by atoms with van der Waals surface area (Å²) in [5, 5.41) is 16.3. The maximum atomic E-state index is 9.65. The Morgan fingerprint density at radius 1 is 1.67 bits per heavy atom. The molecular formula is C4H12N2O3. The van der Waals surface area contributed by atoms with Crippen molar-refractivity contribution in [2.24, 2.45) is 11.7 Å². The third kappa shape index (κ3) is 18.7. The molecule has 56 valence electrons. The van der Waals surface area contributed by atoms with Gasteiger partial charge in [0.1, 0.15) is 0 Å². The lowest BCUT2D eigenvalue weighted by atomic mass is 10.3. The van der Waals surface area contributed by atoms with Crippen LogP contribution in [0.2, 0.25) is 0 Å². The van der Waals surface area contributed by atoms with Gasteiger partial charge in [0.05, 0.1) is 12.5 Å². The fourth-order valence-electron chi connectivity index (χ4n) is 0.253. The van der Waals surface area contributed by atoms with Crippen LogP contribution in [-0.4, -0.2) is 22.3 Å². The number of aliphatic hydroxyl groups excluding tert-OH is 1. The van der Waals surface area contributed by atoms with E-state index in [1.54, 1.807) is 0 Å². The number of rotatable bonds is 2. The van der Waals surface area contributed by atoms with Gasteiger partial charge in [-0.2, -0.15) is 0 Å². The Morgan fingerprint density at radius 2 is 2.00 bits per heavy atom. The van der Waals surface area contributed by atoms with Gasteiger partial charge in [-0.3, -0.25) is 16.5 Å². The van der Waals surface area contributed by atoms with Gasteiger partial charge in [0, 0.05) is 0 Å². The highest BCUT2D eigenvalue weighted by molar-refractivity contribution is 5.67. The minimum absolute atomic E-state index is 0.167. The van der Waals surface area contributed by atoms with Crippen molar-refractivity contribution in [1.82, 2.24) is 0 Å². The van der Waals surface area contributed by atoms with Gasteiger partial charge in [0.15, 0.2) is 0 Å². The lowest BCUT2D eigenvalue weighted by Crippen LogP contribution is -2.07. The zero-order chi connectivity index (χ0) is 7.86. The van der Waals surface area contributed by atoms with Crippen molar-refractivity contribution >= 4 is 5.97 Å². The number of carbonyl (C=O) groups is 1. The zero-order valence-corrected chi connectivity index (χ0v) is 5.24. The molecule has 0 aromatic carbocycles. The monoisotopic (exact) mass is 136 g/mol. The van der Waals surface area contributed by atoms with Gasteiger partial charge in [-0.05, 0) is 6.92 Å². The van der Waals surface area contributed by atoms with E-state index >= 15 is 0 Å². The summed E-state index contributed by atoms with van der Waals surface area (Å²) >= 11 is 0. The van der Waals surface area contributed by atoms with E-state index in [2.05, 4.69) is 11.7 Å². The van der Waals surface area contributed by atoms with Crippen LogP contribution in [-0.2, 0) is 4.79 Å². The van der Waals surface area contributed by atoms with Gasteiger partial charge in [-0.1, -0.05) is 0 Å². The molecule has 6 N–H and O–H groups in total. The van der Waals surface area contributed by atoms with E-state index in [-0.39, 0.29) is 6.42 Å². The molecule has 0 amide bonds. The number of nitrogens with two attached hydrogens (primary N) is 2. The molecule has 0 aliphatic rings. The first-order valence-corrected chi connectivity index (χ1v) is 2.36. The van der Waals surface area contributed by atoms with Crippen molar-refractivity contribution < 1.29 is 15.0 Å². The minimum atomic E-state index is -0.963. The molecule has 0 aromatic heterocycles. The lowest BCUT2D eigenvalue weighted by Gasteiger charge is -1.94. The fourth-order valence-corrected chi connectivity index (χ4v) is 0.253. The van der Waals surface area contributed by atoms with E-state index in [9.17, 15) is 4.79 Å². The minimum Gasteiger partial charge on any atom is -0.481 e. The molecule has 5 heteroatoms. The van der Waals surface area contributed by atoms with Gasteiger partial charge in [-0.15, -0.1) is 0 Å². The molecule has 9 heavy (non-hydrogen) atoms. The van der Waals surface area contributed by atoms with Crippen molar-refractivity contribution in [2.75, 3.05) is 0 Å². The summed E-state index contributed by atoms with van der Waals surface area (Å²) in [6.07, 6.45) is -0.891. The maximum absolute atomic E-state index is 9.65. The number of aliphatic hydroxyl groups is 1. The van der Waals surface area contributed by atoms with E-state index in [1.165, 1.54) is 6.92 Å². The van der Waals surface area contributed by atoms with E-state index in [4.69, 9.17) is 10.2 Å². The number of carboxylic acid groups (broad SMARTS) is 1. The normalized spacial score (nSPS) is 11.1. The molecule has 0 heterocycles. The molecule has 0 aliphatic carbocycles. The molecule has 1 unspecified atom stereocenters. The van der Waals surface area contributed by atoms with Gasteiger partial charge in [0.25, 0.3) is 0 Å². The Morgan fingerprint density at radius 3 is 2.00 bits per heavy atom. The molecule has 0 bridgehead atoms. The molecule has 0 aliphatic heterocycles. The molecule has 0 radical (unpaired) electrons. The third-order valence-electron chi connectivity index (χ3n) is 0.470. The number of carboxylic acids is 1. The van der Waals surface area contributed by atoms with Crippen molar-refractivity contribution in [2.45, 2.75) is 19.4 Å². The van der Waals surface area contributed by atoms with Gasteiger partial charge in [0.2, 0.25) is 0 Å². The van der Waals surface area contributed by atoms with Crippen LogP contribution in [0, 0.1) is 0 Å². The highest BCUT2D eigenvalue weighted by Crippen LogP contribution is 1.85. The van der Waals surface area contributed by atoms with E-state index in [0.29, 0.717) is 0 Å². The summed E-state index contributed by atoms with van der Waals surface area (Å²) in [6.45, 7) is 1.44. The molecule has 0 spiro atoms. The van der Waals surface area contributed by atoms with Crippen LogP contribution in [0.5, 0.6) is 0 Å². The maximum Gasteiger partial charge on any atom is 0.305 e. The van der Waals surface area contributed by atoms with Crippen molar-refractivity contribution in [3.8, 4) is 0 Å². The van der Waals surface area contributed by atoms with Gasteiger partial charge in [-0.25, -0.2) is 0 Å². The molecule has 0 rings (SSSR count). The average molecular weight is 136 g/mol. The Balaban J connectivity index is 0. The topological polar surface area (TPSA) is 110 Å². The highest BCUT2D eigenvalue weighted by atomic mass is 16.4. The number of hydrogen-bond acceptors (Lipinski definition) is 4. The summed E-state index contributed by atoms with van der Waals surface area (Å²) in [6, 6.07) is 0. The van der Waals surface area contributed by atoms with Crippen LogP contribution < -0.4 is 11.7 Å². The second kappa shape index (κ2) is 7.35. The largest absolute Gasteiger partial charge is 0.481 e. The fraction of sp³-hybridized carbons (Fsp3) is 0.750. The van der Waals surface area contributed by atoms with Crippen LogP contribution in [0.1, 0.15) is 13.3 Å². The van der Waals surface area contributed by atoms with Crippen molar-refractivity contribution in [3.63, 3.8) is 0 Å². The second-order valence-electron chi connectivity index (χ2n) is 1.45. The Labute approximate surface area is 53.2 Å². The summed E-state index contributed by atoms with van der Waals surface area (Å²) in [5.41, 5.74) is 0. The molecule has 1 atom stereocenters. The van der Waals surface area contributed by atoms with Gasteiger partial charge < -0.3 is 10.2 Å². The third-order valence-corrected chi connectivity index (χ3v) is 0.470. The zero-order valence-electron chi connectivity index (χ0n) is 5.24. The SMILES string of the molecule is CC(O)CC(=O)O.NN. The van der Waals surface area contributed by atoms with Crippen LogP contribution in [0.25, 0.3) is 0 Å². The van der Waals surface area contributed by atoms with Crippen LogP contribution in [0.15, 0.2) is 0 Å². The first kappa shape index (κ1) is 11.2. The van der Waals surface area contributed by atoms with E-state index in [0.717, 1.165) is 0 Å². The lowest BCUT2D eigenvalue weighted by molar-refractivity contribution is -0.138. The molecule has 0 saturated heterocycles. The van der Waals surface area contributed by atoms with Crippen LogP contribution in [0.4, 0.5) is 0 Å². The first-order valence-electron chi connectivity index (χ1n) is 2.36. The summed E-state index contributed by atoms with van der Waals surface area (Å²) in [5.74, 6) is 7.04. The Kier molecular flexibility index (Phi) is 9.14. The first-order chi connectivity index (χ1) is 4.13. The van der Waals surface area contributed by atoms with E-state index < -0.39 is 12.1 Å². The summed E-state index contributed by atoms with van der Waals surface area (Å²) in [4.78, 5) is 9.65. The molecular weight excluding hydrogens is 124 g/mol. The summed E-state index contributed by atoms with van der Waals surface area (Å²) < 4.78 is 0. The highest BCUT2D eigenvalue weighted by Gasteiger charge is 2.00. The van der Waals surface area contributed by atoms with Gasteiger partial charge >= 0.3 is 5.97 Å². The standard InChI is InChI=1S/C4H8O3.H4N2/c1-3(5)2-4(6)7;1-2/h3,5H,2H2,1H3,(H,6,7);1-2H2. The van der Waals surface area contributed by atoms with Crippen LogP contribution >= 0.6 is 0 Å². The Hall–Kier alpha value is -0.650. The van der Waals surface area contributed by atoms with Crippen LogP contribution in [0.3, 0.4) is 0 Å². The number of hydrazine groups is 1. The van der Waals surface area contributed by atoms with Crippen molar-refractivity contribution in [1.29, 1.82) is 0 Å².